The molecule has 1 aromatic rings. The number of halogens is 2. The number of carbonyl (C=O) groups is 2. The lowest BCUT2D eigenvalue weighted by Gasteiger charge is -2.14. The summed E-state index contributed by atoms with van der Waals surface area (Å²) in [4.78, 5) is 24.4. The summed E-state index contributed by atoms with van der Waals surface area (Å²) in [5.74, 6) is -2.11. The zero-order valence-electron chi connectivity index (χ0n) is 9.08. The Hall–Kier alpha value is -1.78. The van der Waals surface area contributed by atoms with Gasteiger partial charge in [0.15, 0.2) is 5.78 Å². The fourth-order valence-electron chi connectivity index (χ4n) is 1.84. The van der Waals surface area contributed by atoms with Gasteiger partial charge in [0, 0.05) is 13.0 Å². The van der Waals surface area contributed by atoms with Crippen LogP contribution in [-0.4, -0.2) is 29.7 Å². The number of amides is 1. The van der Waals surface area contributed by atoms with E-state index in [-0.39, 0.29) is 18.0 Å². The van der Waals surface area contributed by atoms with Gasteiger partial charge in [0.2, 0.25) is 5.91 Å². The van der Waals surface area contributed by atoms with Gasteiger partial charge >= 0.3 is 0 Å². The molecule has 0 atom stereocenters. The standard InChI is InChI=1S/C12H11F2NO2/c13-8-3-4-10(14)9(6-8)11(16)7-15-5-1-2-12(15)17/h3-4,6H,1-2,5,7H2. The second kappa shape index (κ2) is 4.61. The minimum Gasteiger partial charge on any atom is -0.335 e. The first-order chi connectivity index (χ1) is 8.08. The van der Waals surface area contributed by atoms with Crippen molar-refractivity contribution in [3.63, 3.8) is 0 Å². The van der Waals surface area contributed by atoms with Crippen molar-refractivity contribution in [1.82, 2.24) is 4.90 Å². The smallest absolute Gasteiger partial charge is 0.223 e. The number of hydrogen-bond donors (Lipinski definition) is 0. The average molecular weight is 239 g/mol. The van der Waals surface area contributed by atoms with Gasteiger partial charge in [0.1, 0.15) is 11.6 Å². The fraction of sp³-hybridized carbons (Fsp3) is 0.333. The molecule has 0 bridgehead atoms. The van der Waals surface area contributed by atoms with Crippen LogP contribution in [0.15, 0.2) is 18.2 Å². The monoisotopic (exact) mass is 239 g/mol. The molecule has 5 heteroatoms. The maximum absolute atomic E-state index is 13.3. The van der Waals surface area contributed by atoms with Crippen LogP contribution < -0.4 is 0 Å². The van der Waals surface area contributed by atoms with Gasteiger partial charge in [-0.2, -0.15) is 0 Å². The molecule has 0 saturated carbocycles. The van der Waals surface area contributed by atoms with Gasteiger partial charge in [-0.25, -0.2) is 8.78 Å². The Morgan fingerprint density at radius 3 is 2.76 bits per heavy atom. The Morgan fingerprint density at radius 2 is 2.12 bits per heavy atom. The van der Waals surface area contributed by atoms with E-state index in [1.807, 2.05) is 0 Å². The SMILES string of the molecule is O=C(CN1CCCC1=O)c1cc(F)ccc1F. The van der Waals surface area contributed by atoms with Gasteiger partial charge in [-0.15, -0.1) is 0 Å². The molecule has 1 saturated heterocycles. The Bertz CT molecular complexity index is 474. The Labute approximate surface area is 97.0 Å². The summed E-state index contributed by atoms with van der Waals surface area (Å²) in [6.45, 7) is 0.320. The minimum atomic E-state index is -0.761. The second-order valence-corrected chi connectivity index (χ2v) is 3.97. The number of carbonyl (C=O) groups excluding carboxylic acids is 2. The molecule has 0 aliphatic carbocycles. The third-order valence-electron chi connectivity index (χ3n) is 2.73. The van der Waals surface area contributed by atoms with E-state index in [1.165, 1.54) is 4.90 Å². The summed E-state index contributed by atoms with van der Waals surface area (Å²) < 4.78 is 26.2. The molecule has 2 rings (SSSR count). The van der Waals surface area contributed by atoms with E-state index >= 15 is 0 Å². The van der Waals surface area contributed by atoms with E-state index in [0.29, 0.717) is 19.4 Å². The largest absolute Gasteiger partial charge is 0.335 e. The maximum atomic E-state index is 13.3. The molecule has 3 nitrogen and oxygen atoms in total. The lowest BCUT2D eigenvalue weighted by molar-refractivity contribution is -0.127. The summed E-state index contributed by atoms with van der Waals surface area (Å²) >= 11 is 0. The molecule has 1 aliphatic heterocycles. The number of ketones is 1. The molecule has 1 heterocycles. The van der Waals surface area contributed by atoms with E-state index in [9.17, 15) is 18.4 Å². The van der Waals surface area contributed by atoms with Crippen LogP contribution in [0, 0.1) is 11.6 Å². The lowest BCUT2D eigenvalue weighted by Crippen LogP contribution is -2.31. The molecular formula is C12H11F2NO2. The Balaban J connectivity index is 2.14. The number of Topliss-reactive ketones (excluding diaryl/α,β-unsaturated/α-hetero) is 1. The predicted octanol–water partition coefficient (Wildman–Crippen LogP) is 1.77. The molecular weight excluding hydrogens is 228 g/mol. The molecule has 0 unspecified atom stereocenters. The van der Waals surface area contributed by atoms with Crippen molar-refractivity contribution in [1.29, 1.82) is 0 Å². The first-order valence-electron chi connectivity index (χ1n) is 5.34. The van der Waals surface area contributed by atoms with Gasteiger partial charge < -0.3 is 4.90 Å². The van der Waals surface area contributed by atoms with Gasteiger partial charge in [-0.1, -0.05) is 0 Å². The van der Waals surface area contributed by atoms with Crippen molar-refractivity contribution in [2.75, 3.05) is 13.1 Å². The number of benzene rings is 1. The van der Waals surface area contributed by atoms with E-state index in [2.05, 4.69) is 0 Å². The van der Waals surface area contributed by atoms with E-state index in [0.717, 1.165) is 18.2 Å². The highest BCUT2D eigenvalue weighted by atomic mass is 19.1. The van der Waals surface area contributed by atoms with Crippen molar-refractivity contribution >= 4 is 11.7 Å². The van der Waals surface area contributed by atoms with Crippen molar-refractivity contribution in [3.05, 3.63) is 35.4 Å². The zero-order valence-corrected chi connectivity index (χ0v) is 9.08. The highest BCUT2D eigenvalue weighted by molar-refractivity contribution is 5.99. The van der Waals surface area contributed by atoms with Crippen LogP contribution >= 0.6 is 0 Å². The predicted molar refractivity (Wildman–Crippen MR) is 56.5 cm³/mol. The molecule has 0 N–H and O–H groups in total. The molecule has 0 spiro atoms. The summed E-state index contributed by atoms with van der Waals surface area (Å²) in [5, 5.41) is 0. The lowest BCUT2D eigenvalue weighted by atomic mass is 10.1. The average Bonchev–Trinajstić information content (AvgIpc) is 2.68. The molecule has 1 amide bonds. The summed E-state index contributed by atoms with van der Waals surface area (Å²) in [7, 11) is 0. The molecule has 1 fully saturated rings. The zero-order chi connectivity index (χ0) is 12.4. The van der Waals surface area contributed by atoms with Gasteiger partial charge in [0.25, 0.3) is 0 Å². The van der Waals surface area contributed by atoms with Crippen LogP contribution in [0.25, 0.3) is 0 Å². The van der Waals surface area contributed by atoms with Crippen LogP contribution in [-0.2, 0) is 4.79 Å². The number of hydrogen-bond acceptors (Lipinski definition) is 2. The normalized spacial score (nSPS) is 15.4. The van der Waals surface area contributed by atoms with Crippen LogP contribution in [0.3, 0.4) is 0 Å². The first kappa shape index (κ1) is 11.7. The summed E-state index contributed by atoms with van der Waals surface area (Å²) in [6, 6.07) is 2.72. The molecule has 1 aromatic carbocycles. The maximum Gasteiger partial charge on any atom is 0.223 e. The number of likely N-dealkylation sites (tertiary alicyclic amines) is 1. The van der Waals surface area contributed by atoms with Crippen LogP contribution in [0.5, 0.6) is 0 Å². The summed E-state index contributed by atoms with van der Waals surface area (Å²) in [6.07, 6.45) is 1.12. The van der Waals surface area contributed by atoms with Crippen LogP contribution in [0.1, 0.15) is 23.2 Å². The van der Waals surface area contributed by atoms with Crippen molar-refractivity contribution in [2.45, 2.75) is 12.8 Å². The first-order valence-corrected chi connectivity index (χ1v) is 5.34. The Morgan fingerprint density at radius 1 is 1.35 bits per heavy atom. The highest BCUT2D eigenvalue weighted by Gasteiger charge is 2.24. The molecule has 90 valence electrons. The van der Waals surface area contributed by atoms with Crippen LogP contribution in [0.4, 0.5) is 8.78 Å². The van der Waals surface area contributed by atoms with Gasteiger partial charge in [-0.05, 0) is 24.6 Å². The molecule has 0 radical (unpaired) electrons. The van der Waals surface area contributed by atoms with Crippen molar-refractivity contribution in [2.24, 2.45) is 0 Å². The van der Waals surface area contributed by atoms with Gasteiger partial charge in [0.05, 0.1) is 12.1 Å². The summed E-state index contributed by atoms with van der Waals surface area (Å²) in [5.41, 5.74) is -0.301. The van der Waals surface area contributed by atoms with E-state index < -0.39 is 17.4 Å². The molecule has 0 aromatic heterocycles. The Kier molecular flexibility index (Phi) is 3.17. The van der Waals surface area contributed by atoms with Crippen molar-refractivity contribution in [3.8, 4) is 0 Å². The van der Waals surface area contributed by atoms with Crippen LogP contribution in [0.2, 0.25) is 0 Å². The molecule has 17 heavy (non-hydrogen) atoms. The topological polar surface area (TPSA) is 37.4 Å². The van der Waals surface area contributed by atoms with E-state index in [4.69, 9.17) is 0 Å². The van der Waals surface area contributed by atoms with Crippen molar-refractivity contribution < 1.29 is 18.4 Å². The third-order valence-corrected chi connectivity index (χ3v) is 2.73. The minimum absolute atomic E-state index is 0.116. The highest BCUT2D eigenvalue weighted by Crippen LogP contribution is 2.14. The fourth-order valence-corrected chi connectivity index (χ4v) is 1.84. The molecule has 1 aliphatic rings. The number of nitrogens with zero attached hydrogens (tertiary/aromatic N) is 1. The van der Waals surface area contributed by atoms with E-state index in [1.54, 1.807) is 0 Å². The third kappa shape index (κ3) is 2.49. The van der Waals surface area contributed by atoms with Gasteiger partial charge in [-0.3, -0.25) is 9.59 Å². The number of rotatable bonds is 3. The quantitative estimate of drug-likeness (QED) is 0.754. The second-order valence-electron chi connectivity index (χ2n) is 3.97.